The average molecular weight is 286 g/mol. The van der Waals surface area contributed by atoms with E-state index in [1.807, 2.05) is 12.1 Å². The van der Waals surface area contributed by atoms with Gasteiger partial charge in [0, 0.05) is 37.6 Å². The predicted octanol–water partition coefficient (Wildman–Crippen LogP) is 0.660. The Balaban J connectivity index is 1.68. The van der Waals surface area contributed by atoms with Crippen molar-refractivity contribution in [3.8, 4) is 0 Å². The first-order valence-corrected chi connectivity index (χ1v) is 6.93. The predicted molar refractivity (Wildman–Crippen MR) is 82.1 cm³/mol. The Kier molecular flexibility index (Phi) is 3.83. The molecule has 0 radical (unpaired) electrons. The number of nitrogens with one attached hydrogen (secondary N) is 2. The molecule has 7 heteroatoms. The number of hydrogen-bond donors (Lipinski definition) is 2. The van der Waals surface area contributed by atoms with E-state index in [1.54, 1.807) is 0 Å². The molecule has 0 unspecified atom stereocenters. The number of H-pyrrole nitrogens is 1. The monoisotopic (exact) mass is 286 g/mol. The molecule has 0 amide bonds. The van der Waals surface area contributed by atoms with Crippen LogP contribution in [0.3, 0.4) is 0 Å². The van der Waals surface area contributed by atoms with Crippen LogP contribution in [0.15, 0.2) is 35.3 Å². The van der Waals surface area contributed by atoms with Crippen molar-refractivity contribution in [1.29, 1.82) is 0 Å². The fourth-order valence-electron chi connectivity index (χ4n) is 2.34. The maximum Gasteiger partial charge on any atom is 0.363 e. The number of hydrogen-bond acceptors (Lipinski definition) is 6. The molecule has 7 nitrogen and oxygen atoms in total. The normalized spacial score (nSPS) is 16.0. The van der Waals surface area contributed by atoms with Crippen molar-refractivity contribution in [2.75, 3.05) is 43.4 Å². The first kappa shape index (κ1) is 13.6. The molecule has 2 aromatic rings. The summed E-state index contributed by atoms with van der Waals surface area (Å²) in [5, 5.41) is 9.01. The van der Waals surface area contributed by atoms with Crippen LogP contribution < -0.4 is 15.9 Å². The van der Waals surface area contributed by atoms with Crippen molar-refractivity contribution < 1.29 is 0 Å². The van der Waals surface area contributed by atoms with Crippen LogP contribution in [0.5, 0.6) is 0 Å². The van der Waals surface area contributed by atoms with Gasteiger partial charge in [0.2, 0.25) is 0 Å². The van der Waals surface area contributed by atoms with Gasteiger partial charge in [-0.3, -0.25) is 0 Å². The molecule has 1 aliphatic heterocycles. The fourth-order valence-corrected chi connectivity index (χ4v) is 2.34. The van der Waals surface area contributed by atoms with Crippen molar-refractivity contribution in [2.24, 2.45) is 0 Å². The Bertz CT molecular complexity index is 645. The zero-order chi connectivity index (χ0) is 14.7. The number of nitrogens with zero attached hydrogens (tertiary/aromatic N) is 4. The van der Waals surface area contributed by atoms with Crippen LogP contribution in [-0.2, 0) is 0 Å². The number of benzene rings is 1. The van der Waals surface area contributed by atoms with E-state index in [4.69, 9.17) is 0 Å². The molecule has 0 spiro atoms. The molecule has 3 rings (SSSR count). The van der Waals surface area contributed by atoms with Crippen LogP contribution in [0.4, 0.5) is 17.2 Å². The molecule has 2 N–H and O–H groups in total. The van der Waals surface area contributed by atoms with E-state index >= 15 is 0 Å². The van der Waals surface area contributed by atoms with Crippen LogP contribution in [0.2, 0.25) is 0 Å². The third kappa shape index (κ3) is 3.38. The van der Waals surface area contributed by atoms with E-state index in [0.717, 1.165) is 31.9 Å². The number of aromatic amines is 1. The highest BCUT2D eigenvalue weighted by Crippen LogP contribution is 2.20. The molecule has 1 aromatic carbocycles. The maximum absolute atomic E-state index is 11.1. The van der Waals surface area contributed by atoms with Crippen molar-refractivity contribution >= 4 is 17.2 Å². The minimum absolute atomic E-state index is 0.436. The zero-order valence-electron chi connectivity index (χ0n) is 11.9. The standard InChI is InChI=1S/C14H18N6O/c1-19-6-8-20(9-7-19)12-4-2-11(3-5-12)16-13-10-15-18-14(21)17-13/h2-5,10H,6-9H2,1H3,(H2,16,17,18,21). The van der Waals surface area contributed by atoms with Crippen LogP contribution in [-0.4, -0.2) is 53.3 Å². The number of aromatic nitrogens is 3. The van der Waals surface area contributed by atoms with Gasteiger partial charge in [0.25, 0.3) is 0 Å². The first-order valence-electron chi connectivity index (χ1n) is 6.93. The minimum Gasteiger partial charge on any atom is -0.369 e. The van der Waals surface area contributed by atoms with Gasteiger partial charge in [-0.15, -0.1) is 0 Å². The van der Waals surface area contributed by atoms with Gasteiger partial charge in [-0.2, -0.15) is 10.1 Å². The van der Waals surface area contributed by atoms with E-state index in [2.05, 4.69) is 49.5 Å². The first-order chi connectivity index (χ1) is 10.2. The van der Waals surface area contributed by atoms with Crippen molar-refractivity contribution in [3.05, 3.63) is 40.9 Å². The molecule has 21 heavy (non-hydrogen) atoms. The van der Waals surface area contributed by atoms with Gasteiger partial charge < -0.3 is 15.1 Å². The lowest BCUT2D eigenvalue weighted by Gasteiger charge is -2.34. The lowest BCUT2D eigenvalue weighted by molar-refractivity contribution is 0.313. The average Bonchev–Trinajstić information content (AvgIpc) is 2.49. The lowest BCUT2D eigenvalue weighted by atomic mass is 10.2. The summed E-state index contributed by atoms with van der Waals surface area (Å²) in [4.78, 5) is 19.6. The van der Waals surface area contributed by atoms with Crippen molar-refractivity contribution in [3.63, 3.8) is 0 Å². The molecular formula is C14H18N6O. The summed E-state index contributed by atoms with van der Waals surface area (Å²) in [6, 6.07) is 8.12. The highest BCUT2D eigenvalue weighted by Gasteiger charge is 2.13. The molecule has 1 aromatic heterocycles. The van der Waals surface area contributed by atoms with Gasteiger partial charge >= 0.3 is 5.69 Å². The van der Waals surface area contributed by atoms with Crippen LogP contribution in [0, 0.1) is 0 Å². The van der Waals surface area contributed by atoms with Gasteiger partial charge in [0.05, 0.1) is 6.20 Å². The lowest BCUT2D eigenvalue weighted by Crippen LogP contribution is -2.44. The highest BCUT2D eigenvalue weighted by atomic mass is 16.1. The topological polar surface area (TPSA) is 77.1 Å². The molecular weight excluding hydrogens is 268 g/mol. The molecule has 1 aliphatic rings. The van der Waals surface area contributed by atoms with Crippen molar-refractivity contribution in [2.45, 2.75) is 0 Å². The summed E-state index contributed by atoms with van der Waals surface area (Å²) in [5.74, 6) is 0.436. The van der Waals surface area contributed by atoms with E-state index in [1.165, 1.54) is 11.9 Å². The van der Waals surface area contributed by atoms with Crippen LogP contribution >= 0.6 is 0 Å². The molecule has 1 saturated heterocycles. The van der Waals surface area contributed by atoms with Crippen LogP contribution in [0.1, 0.15) is 0 Å². The van der Waals surface area contributed by atoms with Crippen molar-refractivity contribution in [1.82, 2.24) is 20.1 Å². The van der Waals surface area contributed by atoms with Gasteiger partial charge in [0.1, 0.15) is 0 Å². The summed E-state index contributed by atoms with van der Waals surface area (Å²) in [5.41, 5.74) is 1.63. The molecule has 0 bridgehead atoms. The number of anilines is 3. The molecule has 110 valence electrons. The number of piperazine rings is 1. The van der Waals surface area contributed by atoms with E-state index in [-0.39, 0.29) is 0 Å². The summed E-state index contributed by atoms with van der Waals surface area (Å²) in [7, 11) is 2.15. The van der Waals surface area contributed by atoms with Gasteiger partial charge in [-0.1, -0.05) is 0 Å². The Morgan fingerprint density at radius 3 is 2.52 bits per heavy atom. The second-order valence-corrected chi connectivity index (χ2v) is 5.13. The Hall–Kier alpha value is -2.41. The second kappa shape index (κ2) is 5.92. The van der Waals surface area contributed by atoms with Crippen LogP contribution in [0.25, 0.3) is 0 Å². The Morgan fingerprint density at radius 1 is 1.14 bits per heavy atom. The minimum atomic E-state index is -0.464. The third-order valence-electron chi connectivity index (χ3n) is 3.58. The molecule has 0 aliphatic carbocycles. The summed E-state index contributed by atoms with van der Waals surface area (Å²) in [6.07, 6.45) is 1.48. The maximum atomic E-state index is 11.1. The Labute approximate surface area is 122 Å². The summed E-state index contributed by atoms with van der Waals surface area (Å²) < 4.78 is 0. The van der Waals surface area contributed by atoms with Gasteiger partial charge in [-0.05, 0) is 31.3 Å². The fraction of sp³-hybridized carbons (Fsp3) is 0.357. The summed E-state index contributed by atoms with van der Waals surface area (Å²) in [6.45, 7) is 4.26. The molecule has 1 fully saturated rings. The molecule has 2 heterocycles. The largest absolute Gasteiger partial charge is 0.369 e. The highest BCUT2D eigenvalue weighted by molar-refractivity contribution is 5.60. The second-order valence-electron chi connectivity index (χ2n) is 5.13. The van der Waals surface area contributed by atoms with Gasteiger partial charge in [0.15, 0.2) is 5.82 Å². The molecule has 0 atom stereocenters. The Morgan fingerprint density at radius 2 is 1.86 bits per heavy atom. The van der Waals surface area contributed by atoms with E-state index < -0.39 is 5.69 Å². The number of rotatable bonds is 3. The zero-order valence-corrected chi connectivity index (χ0v) is 11.9. The number of likely N-dealkylation sites (N-methyl/N-ethyl adjacent to an activating group) is 1. The van der Waals surface area contributed by atoms with Gasteiger partial charge in [-0.25, -0.2) is 9.89 Å². The summed E-state index contributed by atoms with van der Waals surface area (Å²) >= 11 is 0. The third-order valence-corrected chi connectivity index (χ3v) is 3.58. The molecule has 0 saturated carbocycles. The SMILES string of the molecule is CN1CCN(c2ccc(Nc3cn[nH]c(=O)n3)cc2)CC1. The van der Waals surface area contributed by atoms with E-state index in [9.17, 15) is 4.79 Å². The smallest absolute Gasteiger partial charge is 0.363 e. The quantitative estimate of drug-likeness (QED) is 0.863. The van der Waals surface area contributed by atoms with E-state index in [0.29, 0.717) is 5.82 Å².